The van der Waals surface area contributed by atoms with E-state index in [1.165, 1.54) is 17.0 Å². The number of imide groups is 1. The highest BCUT2D eigenvalue weighted by Gasteiger charge is 2.61. The third-order valence-electron chi connectivity index (χ3n) is 8.25. The number of ether oxygens (including phenoxy) is 1. The largest absolute Gasteiger partial charge is 0.452 e. The number of carbonyl (C=O) groups excluding carboxylic acids is 4. The normalized spacial score (nSPS) is 21.6. The van der Waals surface area contributed by atoms with Crippen LogP contribution in [0.4, 0.5) is 11.4 Å². The Kier molecular flexibility index (Phi) is 5.98. The fraction of sp³-hybridized carbons (Fsp3) is 0.152. The molecule has 7 nitrogen and oxygen atoms in total. The first-order valence-electron chi connectivity index (χ1n) is 13.3. The number of amides is 3. The summed E-state index contributed by atoms with van der Waals surface area (Å²) >= 11 is 5.93. The number of esters is 1. The zero-order chi connectivity index (χ0) is 28.2. The first kappa shape index (κ1) is 25.2. The Morgan fingerprint density at radius 1 is 0.732 bits per heavy atom. The van der Waals surface area contributed by atoms with Crippen LogP contribution in [-0.4, -0.2) is 30.3 Å². The van der Waals surface area contributed by atoms with E-state index >= 15 is 0 Å². The van der Waals surface area contributed by atoms with Crippen LogP contribution in [-0.2, 0) is 19.1 Å². The number of rotatable bonds is 5. The zero-order valence-electron chi connectivity index (χ0n) is 21.6. The van der Waals surface area contributed by atoms with E-state index in [4.69, 9.17) is 16.3 Å². The van der Waals surface area contributed by atoms with Crippen LogP contribution in [0.2, 0.25) is 5.02 Å². The zero-order valence-corrected chi connectivity index (χ0v) is 22.4. The fourth-order valence-corrected chi connectivity index (χ4v) is 6.85. The maximum absolute atomic E-state index is 13.9. The lowest BCUT2D eigenvalue weighted by molar-refractivity contribution is -0.122. The average molecular weight is 563 g/mol. The molecular formula is C33H23ClN2O5. The molecule has 3 amide bonds. The molecule has 2 bridgehead atoms. The number of hydrogen-bond acceptors (Lipinski definition) is 5. The molecule has 4 aliphatic rings. The summed E-state index contributed by atoms with van der Waals surface area (Å²) in [6.45, 7) is -0.483. The van der Waals surface area contributed by atoms with Crippen LogP contribution >= 0.6 is 11.6 Å². The van der Waals surface area contributed by atoms with Crippen molar-refractivity contribution in [1.29, 1.82) is 0 Å². The van der Waals surface area contributed by atoms with Crippen molar-refractivity contribution < 1.29 is 23.9 Å². The summed E-state index contributed by atoms with van der Waals surface area (Å²) in [6.07, 6.45) is 0. The van der Waals surface area contributed by atoms with Crippen LogP contribution in [0.1, 0.15) is 44.4 Å². The molecule has 0 spiro atoms. The van der Waals surface area contributed by atoms with Crippen LogP contribution in [0, 0.1) is 11.8 Å². The fourth-order valence-electron chi connectivity index (χ4n) is 6.66. The van der Waals surface area contributed by atoms with E-state index in [9.17, 15) is 19.2 Å². The Bertz CT molecular complexity index is 1640. The number of hydrogen-bond donors (Lipinski definition) is 1. The smallest absolute Gasteiger partial charge is 0.338 e. The van der Waals surface area contributed by atoms with E-state index in [1.54, 1.807) is 36.4 Å². The number of halogens is 1. The first-order chi connectivity index (χ1) is 19.9. The molecule has 1 saturated heterocycles. The van der Waals surface area contributed by atoms with Gasteiger partial charge in [-0.05, 0) is 64.7 Å². The van der Waals surface area contributed by atoms with Gasteiger partial charge >= 0.3 is 5.97 Å². The minimum Gasteiger partial charge on any atom is -0.452 e. The van der Waals surface area contributed by atoms with Crippen LogP contribution in [0.3, 0.4) is 0 Å². The van der Waals surface area contributed by atoms with E-state index in [-0.39, 0.29) is 29.2 Å². The lowest BCUT2D eigenvalue weighted by Crippen LogP contribution is -2.41. The van der Waals surface area contributed by atoms with Gasteiger partial charge in [0, 0.05) is 22.5 Å². The molecule has 1 N–H and O–H groups in total. The first-order valence-corrected chi connectivity index (χ1v) is 13.7. The molecular weight excluding hydrogens is 540 g/mol. The van der Waals surface area contributed by atoms with Crippen LogP contribution in [0.5, 0.6) is 0 Å². The van der Waals surface area contributed by atoms with Gasteiger partial charge in [-0.3, -0.25) is 14.4 Å². The molecule has 1 fully saturated rings. The van der Waals surface area contributed by atoms with Crippen molar-refractivity contribution in [3.8, 4) is 0 Å². The lowest BCUT2D eigenvalue weighted by Gasteiger charge is -2.45. The van der Waals surface area contributed by atoms with E-state index in [2.05, 4.69) is 29.6 Å². The van der Waals surface area contributed by atoms with Crippen molar-refractivity contribution in [3.05, 3.63) is 130 Å². The molecule has 8 heteroatoms. The van der Waals surface area contributed by atoms with Crippen LogP contribution < -0.4 is 10.2 Å². The summed E-state index contributed by atoms with van der Waals surface area (Å²) in [4.78, 5) is 53.8. The Morgan fingerprint density at radius 3 is 1.78 bits per heavy atom. The highest BCUT2D eigenvalue weighted by molar-refractivity contribution is 6.31. The predicted molar refractivity (Wildman–Crippen MR) is 153 cm³/mol. The van der Waals surface area contributed by atoms with Crippen molar-refractivity contribution >= 4 is 46.7 Å². The van der Waals surface area contributed by atoms with E-state index in [1.807, 2.05) is 24.3 Å². The molecule has 202 valence electrons. The molecule has 1 aliphatic heterocycles. The van der Waals surface area contributed by atoms with Crippen LogP contribution in [0.25, 0.3) is 0 Å². The van der Waals surface area contributed by atoms with Crippen molar-refractivity contribution in [2.24, 2.45) is 11.8 Å². The average Bonchev–Trinajstić information content (AvgIpc) is 3.26. The molecule has 0 unspecified atom stereocenters. The summed E-state index contributed by atoms with van der Waals surface area (Å²) in [5.41, 5.74) is 5.52. The van der Waals surface area contributed by atoms with Gasteiger partial charge in [-0.15, -0.1) is 0 Å². The van der Waals surface area contributed by atoms with E-state index < -0.39 is 30.3 Å². The summed E-state index contributed by atoms with van der Waals surface area (Å²) in [5, 5.41) is 3.08. The molecule has 4 aromatic carbocycles. The molecule has 0 radical (unpaired) electrons. The predicted octanol–water partition coefficient (Wildman–Crippen LogP) is 5.53. The number of anilines is 2. The highest BCUT2D eigenvalue weighted by atomic mass is 35.5. The van der Waals surface area contributed by atoms with Gasteiger partial charge in [0.1, 0.15) is 0 Å². The summed E-state index contributed by atoms with van der Waals surface area (Å²) < 4.78 is 5.15. The number of benzene rings is 4. The second kappa shape index (κ2) is 9.71. The molecule has 4 aromatic rings. The number of nitrogens with zero attached hydrogens (tertiary/aromatic N) is 1. The van der Waals surface area contributed by atoms with Gasteiger partial charge < -0.3 is 10.1 Å². The molecule has 0 saturated carbocycles. The standard InChI is InChI=1S/C33H23ClN2O5/c34-19-6-5-7-20(16-19)35-26(37)17-41-33(40)18-12-14-21(15-13-18)36-31(38)29-27-22-8-1-2-9-23(22)28(30(29)32(36)39)25-11-4-3-10-24(25)27/h1-16,27-30H,17H2,(H,35,37)/t27?,28?,29-,30-/m0/s1. The van der Waals surface area contributed by atoms with Gasteiger partial charge in [-0.25, -0.2) is 9.69 Å². The number of nitrogens with one attached hydrogen (secondary N) is 1. The minimum absolute atomic E-state index is 0.189. The van der Waals surface area contributed by atoms with Crippen molar-refractivity contribution in [3.63, 3.8) is 0 Å². The number of carbonyl (C=O) groups is 4. The molecule has 3 aliphatic carbocycles. The summed E-state index contributed by atoms with van der Waals surface area (Å²) in [5.74, 6) is -3.02. The monoisotopic (exact) mass is 562 g/mol. The van der Waals surface area contributed by atoms with E-state index in [0.29, 0.717) is 16.4 Å². The van der Waals surface area contributed by atoms with Gasteiger partial charge in [0.25, 0.3) is 5.91 Å². The third-order valence-corrected chi connectivity index (χ3v) is 8.49. The second-order valence-corrected chi connectivity index (χ2v) is 10.9. The molecule has 1 heterocycles. The van der Waals surface area contributed by atoms with Gasteiger partial charge in [-0.2, -0.15) is 0 Å². The SMILES string of the molecule is O=C(COC(=O)c1ccc(N2C(=O)[C@H]3C4c5ccccc5C(c5ccccc54)[C@@H]3C2=O)cc1)Nc1cccc(Cl)c1. The minimum atomic E-state index is -0.700. The van der Waals surface area contributed by atoms with Crippen molar-refractivity contribution in [1.82, 2.24) is 0 Å². The lowest BCUT2D eigenvalue weighted by atomic mass is 9.55. The van der Waals surface area contributed by atoms with Crippen LogP contribution in [0.15, 0.2) is 97.1 Å². The molecule has 0 aromatic heterocycles. The second-order valence-electron chi connectivity index (χ2n) is 10.5. The van der Waals surface area contributed by atoms with Gasteiger partial charge in [0.15, 0.2) is 6.61 Å². The third kappa shape index (κ3) is 4.04. The van der Waals surface area contributed by atoms with Crippen molar-refractivity contribution in [2.45, 2.75) is 11.8 Å². The molecule has 41 heavy (non-hydrogen) atoms. The Morgan fingerprint density at radius 2 is 1.27 bits per heavy atom. The quantitative estimate of drug-likeness (QED) is 0.255. The van der Waals surface area contributed by atoms with E-state index in [0.717, 1.165) is 22.3 Å². The molecule has 2 atom stereocenters. The maximum Gasteiger partial charge on any atom is 0.338 e. The summed E-state index contributed by atoms with van der Waals surface area (Å²) in [7, 11) is 0. The van der Waals surface area contributed by atoms with Gasteiger partial charge in [-0.1, -0.05) is 66.2 Å². The Labute approximate surface area is 240 Å². The molecule has 8 rings (SSSR count). The Balaban J connectivity index is 1.09. The highest BCUT2D eigenvalue weighted by Crippen LogP contribution is 2.61. The van der Waals surface area contributed by atoms with Crippen molar-refractivity contribution in [2.75, 3.05) is 16.8 Å². The van der Waals surface area contributed by atoms with Gasteiger partial charge in [0.05, 0.1) is 23.1 Å². The summed E-state index contributed by atoms with van der Waals surface area (Å²) in [6, 6.07) is 28.9. The maximum atomic E-state index is 13.9. The Hall–Kier alpha value is -4.75. The van der Waals surface area contributed by atoms with Gasteiger partial charge in [0.2, 0.25) is 11.8 Å². The topological polar surface area (TPSA) is 92.8 Å².